The first-order valence-corrected chi connectivity index (χ1v) is 5.25. The Morgan fingerprint density at radius 2 is 1.37 bits per heavy atom. The number of nitrogens with two attached hydrogens (primary N) is 2. The van der Waals surface area contributed by atoms with Crippen molar-refractivity contribution in [2.24, 2.45) is 11.5 Å². The number of carboxylic acids is 3. The normalized spacial score (nSPS) is 12.5. The smallest absolute Gasteiger partial charge is 0.320 e. The number of hydrogen-bond acceptors (Lipinski definition) is 6. The third-order valence-corrected chi connectivity index (χ3v) is 1.81. The number of rotatable bonds is 8. The number of carboxylic acid groups (broad SMARTS) is 3. The highest BCUT2D eigenvalue weighted by molar-refractivity contribution is 5.74. The molecule has 0 heterocycles. The number of carbonyl (C=O) groups excluding carboxylic acids is 1. The lowest BCUT2D eigenvalue weighted by atomic mass is 10.2. The van der Waals surface area contributed by atoms with Crippen molar-refractivity contribution in [3.05, 3.63) is 0 Å². The van der Waals surface area contributed by atoms with E-state index in [1.54, 1.807) is 0 Å². The van der Waals surface area contributed by atoms with E-state index in [1.165, 1.54) is 6.29 Å². The maximum atomic E-state index is 9.99. The average molecular weight is 277 g/mol. The molecule has 0 spiro atoms. The van der Waals surface area contributed by atoms with Gasteiger partial charge in [-0.1, -0.05) is 0 Å². The van der Waals surface area contributed by atoms with E-state index in [2.05, 4.69) is 0 Å². The van der Waals surface area contributed by atoms with Crippen molar-refractivity contribution < 1.29 is 34.5 Å². The molecule has 7 N–H and O–H groups in total. The second kappa shape index (κ2) is 11.1. The Hall–Kier alpha value is -2.00. The fourth-order valence-electron chi connectivity index (χ4n) is 0.740. The minimum absolute atomic E-state index is 0.0231. The van der Waals surface area contributed by atoms with Crippen LogP contribution in [0.25, 0.3) is 0 Å². The zero-order valence-electron chi connectivity index (χ0n) is 10.1. The van der Waals surface area contributed by atoms with Gasteiger partial charge in [0.2, 0.25) is 6.29 Å². The minimum atomic E-state index is -1.17. The average Bonchev–Trinajstić information content (AvgIpc) is 2.33. The highest BCUT2D eigenvalue weighted by Gasteiger charge is 2.12. The van der Waals surface area contributed by atoms with Gasteiger partial charge in [0.25, 0.3) is 0 Å². The van der Waals surface area contributed by atoms with Crippen LogP contribution in [0.4, 0.5) is 0 Å². The van der Waals surface area contributed by atoms with Gasteiger partial charge >= 0.3 is 17.9 Å². The maximum absolute atomic E-state index is 9.99. The van der Waals surface area contributed by atoms with E-state index in [0.29, 0.717) is 0 Å². The molecule has 9 heteroatoms. The summed E-state index contributed by atoms with van der Waals surface area (Å²) in [7, 11) is 0. The highest BCUT2D eigenvalue weighted by atomic mass is 16.4. The highest BCUT2D eigenvalue weighted by Crippen LogP contribution is 1.93. The molecule has 9 nitrogen and oxygen atoms in total. The van der Waals surface area contributed by atoms with E-state index in [9.17, 15) is 19.2 Å². The lowest BCUT2D eigenvalue weighted by molar-refractivity contribution is -0.140. The molecule has 0 saturated heterocycles. The first kappa shape index (κ1) is 19.3. The molecule has 0 amide bonds. The van der Waals surface area contributed by atoms with Crippen molar-refractivity contribution >= 4 is 24.2 Å². The zero-order chi connectivity index (χ0) is 15.4. The molecule has 0 aromatic carbocycles. The van der Waals surface area contributed by atoms with Gasteiger partial charge in [0.05, 0.1) is 6.04 Å². The third-order valence-electron chi connectivity index (χ3n) is 1.81. The Labute approximate surface area is 109 Å². The van der Waals surface area contributed by atoms with Gasteiger partial charge in [0.1, 0.15) is 6.04 Å². The summed E-state index contributed by atoms with van der Waals surface area (Å²) in [6.07, 6.45) is 1.35. The van der Waals surface area contributed by atoms with E-state index in [1.807, 2.05) is 0 Å². The largest absolute Gasteiger partial charge is 0.481 e. The van der Waals surface area contributed by atoms with E-state index in [4.69, 9.17) is 26.8 Å². The number of hydrogen-bond donors (Lipinski definition) is 5. The Kier molecular flexibility index (Phi) is 11.3. The van der Waals surface area contributed by atoms with Gasteiger partial charge in [0, 0.05) is 12.8 Å². The van der Waals surface area contributed by atoms with Gasteiger partial charge in [-0.3, -0.25) is 19.2 Å². The van der Waals surface area contributed by atoms with Crippen LogP contribution < -0.4 is 11.5 Å². The zero-order valence-corrected chi connectivity index (χ0v) is 10.1. The van der Waals surface area contributed by atoms with Crippen molar-refractivity contribution in [3.8, 4) is 0 Å². The van der Waals surface area contributed by atoms with Crippen LogP contribution in [-0.2, 0) is 19.2 Å². The van der Waals surface area contributed by atoms with Crippen molar-refractivity contribution in [3.63, 3.8) is 0 Å². The summed E-state index contributed by atoms with van der Waals surface area (Å²) in [5.41, 5.74) is 10.0. The van der Waals surface area contributed by atoms with Crippen LogP contribution in [-0.4, -0.2) is 51.6 Å². The van der Waals surface area contributed by atoms with Crippen LogP contribution in [0, 0.1) is 0 Å². The summed E-state index contributed by atoms with van der Waals surface area (Å²) in [6, 6.07) is -1.81. The Bertz CT molecular complexity index is 319. The molecule has 1 unspecified atom stereocenters. The van der Waals surface area contributed by atoms with Crippen molar-refractivity contribution in [1.82, 2.24) is 0 Å². The summed E-state index contributed by atoms with van der Waals surface area (Å²) in [5, 5.41) is 24.3. The molecule has 0 rings (SSSR count). The van der Waals surface area contributed by atoms with Gasteiger partial charge < -0.3 is 26.8 Å². The van der Waals surface area contributed by atoms with Crippen LogP contribution >= 0.6 is 0 Å². The monoisotopic (exact) mass is 277 g/mol. The summed E-state index contributed by atoms with van der Waals surface area (Å²) in [4.78, 5) is 39.4. The second-order valence-corrected chi connectivity index (χ2v) is 3.53. The van der Waals surface area contributed by atoms with Crippen LogP contribution in [0.1, 0.15) is 25.7 Å². The minimum Gasteiger partial charge on any atom is -0.481 e. The van der Waals surface area contributed by atoms with Gasteiger partial charge in [-0.05, 0) is 12.8 Å². The topological polar surface area (TPSA) is 181 Å². The third kappa shape index (κ3) is 16.0. The molecule has 0 bridgehead atoms. The molecule has 0 aromatic rings. The van der Waals surface area contributed by atoms with Crippen LogP contribution in [0.5, 0.6) is 0 Å². The molecule has 0 aliphatic rings. The van der Waals surface area contributed by atoms with Crippen LogP contribution in [0.3, 0.4) is 0 Å². The lowest BCUT2D eigenvalue weighted by Crippen LogP contribution is -2.30. The van der Waals surface area contributed by atoms with E-state index >= 15 is 0 Å². The van der Waals surface area contributed by atoms with Gasteiger partial charge in [-0.2, -0.15) is 0 Å². The summed E-state index contributed by atoms with van der Waals surface area (Å²) in [5.74, 6) is -3.14. The SMILES string of the molecule is NC([C]=O)CCC(=O)O.N[C@@H](CCC(=O)O)C(=O)O. The molecule has 109 valence electrons. The van der Waals surface area contributed by atoms with Gasteiger partial charge in [-0.15, -0.1) is 0 Å². The molecule has 0 aliphatic carbocycles. The van der Waals surface area contributed by atoms with Gasteiger partial charge in [-0.25, -0.2) is 0 Å². The molecule has 0 aromatic heterocycles. The summed E-state index contributed by atoms with van der Waals surface area (Å²) < 4.78 is 0. The van der Waals surface area contributed by atoms with Crippen molar-refractivity contribution in [2.75, 3.05) is 0 Å². The molecule has 0 saturated carbocycles. The predicted molar refractivity (Wildman–Crippen MR) is 63.0 cm³/mol. The molecule has 0 fully saturated rings. The first-order chi connectivity index (χ1) is 8.70. The Morgan fingerprint density at radius 1 is 0.947 bits per heavy atom. The molecule has 19 heavy (non-hydrogen) atoms. The van der Waals surface area contributed by atoms with E-state index in [-0.39, 0.29) is 25.7 Å². The molecular weight excluding hydrogens is 260 g/mol. The summed E-state index contributed by atoms with van der Waals surface area (Å²) >= 11 is 0. The fourth-order valence-corrected chi connectivity index (χ4v) is 0.740. The quantitative estimate of drug-likeness (QED) is 0.354. The first-order valence-electron chi connectivity index (χ1n) is 5.25. The Balaban J connectivity index is 0. The molecule has 0 aliphatic heterocycles. The van der Waals surface area contributed by atoms with E-state index in [0.717, 1.165) is 0 Å². The van der Waals surface area contributed by atoms with Crippen LogP contribution in [0.15, 0.2) is 0 Å². The van der Waals surface area contributed by atoms with Crippen molar-refractivity contribution in [1.29, 1.82) is 0 Å². The van der Waals surface area contributed by atoms with Crippen molar-refractivity contribution in [2.45, 2.75) is 37.8 Å². The van der Waals surface area contributed by atoms with Crippen LogP contribution in [0.2, 0.25) is 0 Å². The second-order valence-electron chi connectivity index (χ2n) is 3.53. The summed E-state index contributed by atoms with van der Waals surface area (Å²) in [6.45, 7) is 0. The standard InChI is InChI=1S/C5H9NO4.C5H8NO3/c6-3(5(9)10)1-2-4(7)8;6-4(3-7)1-2-5(8)9/h3H,1-2,6H2,(H,7,8)(H,9,10);4H,1-2,6H2,(H,8,9)/t3-;/m0./s1. The number of carbonyl (C=O) groups is 3. The lowest BCUT2D eigenvalue weighted by Gasteiger charge is -2.01. The molecule has 2 atom stereocenters. The Morgan fingerprint density at radius 3 is 1.68 bits per heavy atom. The van der Waals surface area contributed by atoms with Gasteiger partial charge in [0.15, 0.2) is 0 Å². The predicted octanol–water partition coefficient (Wildman–Crippen LogP) is -1.45. The fraction of sp³-hybridized carbons (Fsp3) is 0.600. The molecule has 1 radical (unpaired) electrons. The number of aliphatic carboxylic acids is 3. The molecular formula is C10H17N2O7. The maximum Gasteiger partial charge on any atom is 0.320 e. The van der Waals surface area contributed by atoms with E-state index < -0.39 is 30.0 Å².